The summed E-state index contributed by atoms with van der Waals surface area (Å²) in [5, 5.41) is 5.93. The number of para-hydroxylation sites is 1. The van der Waals surface area contributed by atoms with E-state index < -0.39 is 11.5 Å². The molecule has 2 saturated heterocycles. The van der Waals surface area contributed by atoms with Crippen molar-refractivity contribution in [2.24, 2.45) is 5.41 Å². The highest BCUT2D eigenvalue weighted by Gasteiger charge is 2.41. The molecule has 40 heavy (non-hydrogen) atoms. The molecule has 0 bridgehead atoms. The molecule has 216 valence electrons. The predicted octanol–water partition coefficient (Wildman–Crippen LogP) is 2.32. The SMILES string of the molecule is C[C@@H]1NC(=O)C2(CCCCc3ccccc3OCCNC1=O)CCN(Cc1cnc(N3CCOCC3)nc1)CC2. The van der Waals surface area contributed by atoms with Gasteiger partial charge in [-0.1, -0.05) is 24.6 Å². The van der Waals surface area contributed by atoms with Crippen molar-refractivity contribution in [2.75, 3.05) is 57.4 Å². The zero-order valence-corrected chi connectivity index (χ0v) is 23.6. The van der Waals surface area contributed by atoms with Gasteiger partial charge in [0.15, 0.2) is 0 Å². The summed E-state index contributed by atoms with van der Waals surface area (Å²) < 4.78 is 11.4. The lowest BCUT2D eigenvalue weighted by Gasteiger charge is -2.41. The van der Waals surface area contributed by atoms with Gasteiger partial charge >= 0.3 is 0 Å². The molecule has 1 aromatic carbocycles. The van der Waals surface area contributed by atoms with E-state index in [1.165, 1.54) is 5.56 Å². The summed E-state index contributed by atoms with van der Waals surface area (Å²) in [5.74, 6) is 1.44. The number of likely N-dealkylation sites (tertiary alicyclic amines) is 1. The van der Waals surface area contributed by atoms with E-state index in [9.17, 15) is 9.59 Å². The lowest BCUT2D eigenvalue weighted by Crippen LogP contribution is -2.53. The summed E-state index contributed by atoms with van der Waals surface area (Å²) in [6.45, 7) is 7.98. The van der Waals surface area contributed by atoms with E-state index in [0.29, 0.717) is 26.4 Å². The molecule has 4 heterocycles. The van der Waals surface area contributed by atoms with Gasteiger partial charge in [0.1, 0.15) is 18.4 Å². The predicted molar refractivity (Wildman–Crippen MR) is 152 cm³/mol. The average molecular weight is 551 g/mol. The zero-order chi connectivity index (χ0) is 27.8. The van der Waals surface area contributed by atoms with Crippen molar-refractivity contribution in [1.29, 1.82) is 0 Å². The van der Waals surface area contributed by atoms with E-state index in [1.807, 2.05) is 30.6 Å². The zero-order valence-electron chi connectivity index (χ0n) is 23.6. The molecular formula is C30H42N6O4. The highest BCUT2D eigenvalue weighted by atomic mass is 16.5. The lowest BCUT2D eigenvalue weighted by atomic mass is 9.73. The molecular weight excluding hydrogens is 508 g/mol. The van der Waals surface area contributed by atoms with E-state index in [0.717, 1.165) is 88.5 Å². The molecule has 2 N–H and O–H groups in total. The molecule has 1 spiro atoms. The van der Waals surface area contributed by atoms with Crippen LogP contribution in [0.2, 0.25) is 0 Å². The Morgan fingerprint density at radius 3 is 2.50 bits per heavy atom. The minimum absolute atomic E-state index is 0.000445. The monoisotopic (exact) mass is 550 g/mol. The van der Waals surface area contributed by atoms with Gasteiger partial charge in [-0.05, 0) is 63.7 Å². The summed E-state index contributed by atoms with van der Waals surface area (Å²) in [7, 11) is 0. The van der Waals surface area contributed by atoms with Crippen molar-refractivity contribution >= 4 is 17.8 Å². The molecule has 5 rings (SSSR count). The minimum Gasteiger partial charge on any atom is -0.491 e. The van der Waals surface area contributed by atoms with Gasteiger partial charge in [-0.3, -0.25) is 14.5 Å². The van der Waals surface area contributed by atoms with Gasteiger partial charge in [0, 0.05) is 37.6 Å². The largest absolute Gasteiger partial charge is 0.491 e. The Labute approximate surface area is 236 Å². The van der Waals surface area contributed by atoms with Gasteiger partial charge in [0.05, 0.1) is 25.2 Å². The van der Waals surface area contributed by atoms with Crippen molar-refractivity contribution in [3.63, 3.8) is 0 Å². The Kier molecular flexibility index (Phi) is 9.49. The third-order valence-electron chi connectivity index (χ3n) is 8.41. The standard InChI is InChI=1S/C30H42N6O4/c1-23-27(37)31-12-17-40-26-8-3-2-6-25(26)7-4-5-9-30(28(38)34-23)10-13-35(14-11-30)22-24-20-32-29(33-21-24)36-15-18-39-19-16-36/h2-3,6,8,20-21,23H,4-5,7,9-19,22H2,1H3,(H,31,37)(H,34,38)/t23-/m0/s1. The number of ether oxygens (including phenoxy) is 2. The van der Waals surface area contributed by atoms with E-state index in [4.69, 9.17) is 9.47 Å². The van der Waals surface area contributed by atoms with Crippen LogP contribution in [0.15, 0.2) is 36.7 Å². The quantitative estimate of drug-likeness (QED) is 0.600. The molecule has 0 saturated carbocycles. The first-order valence-corrected chi connectivity index (χ1v) is 14.7. The Bertz CT molecular complexity index is 1130. The number of hydrogen-bond donors (Lipinski definition) is 2. The van der Waals surface area contributed by atoms with E-state index in [-0.39, 0.29) is 11.8 Å². The fraction of sp³-hybridized carbons (Fsp3) is 0.600. The molecule has 3 aliphatic heterocycles. The van der Waals surface area contributed by atoms with Gasteiger partial charge in [-0.15, -0.1) is 0 Å². The number of piperidine rings is 1. The Morgan fingerprint density at radius 2 is 1.73 bits per heavy atom. The fourth-order valence-corrected chi connectivity index (χ4v) is 5.88. The smallest absolute Gasteiger partial charge is 0.242 e. The number of hydrogen-bond acceptors (Lipinski definition) is 8. The Hall–Kier alpha value is -3.24. The third kappa shape index (κ3) is 7.09. The number of anilines is 1. The first-order chi connectivity index (χ1) is 19.5. The number of carbonyl (C=O) groups is 2. The maximum absolute atomic E-state index is 13.7. The second-order valence-electron chi connectivity index (χ2n) is 11.2. The fourth-order valence-electron chi connectivity index (χ4n) is 5.88. The van der Waals surface area contributed by atoms with Gasteiger partial charge in [0.2, 0.25) is 17.8 Å². The molecule has 0 aliphatic carbocycles. The number of rotatable bonds is 3. The molecule has 3 aliphatic rings. The topological polar surface area (TPSA) is 109 Å². The lowest BCUT2D eigenvalue weighted by molar-refractivity contribution is -0.138. The van der Waals surface area contributed by atoms with Crippen molar-refractivity contribution in [1.82, 2.24) is 25.5 Å². The van der Waals surface area contributed by atoms with Crippen LogP contribution in [0.5, 0.6) is 5.75 Å². The number of nitrogens with one attached hydrogen (secondary N) is 2. The van der Waals surface area contributed by atoms with Gasteiger partial charge in [-0.25, -0.2) is 9.97 Å². The van der Waals surface area contributed by atoms with Crippen LogP contribution in [0.1, 0.15) is 50.2 Å². The second-order valence-corrected chi connectivity index (χ2v) is 11.2. The number of nitrogens with zero attached hydrogens (tertiary/aromatic N) is 4. The van der Waals surface area contributed by atoms with Crippen LogP contribution >= 0.6 is 0 Å². The van der Waals surface area contributed by atoms with Crippen molar-refractivity contribution in [2.45, 2.75) is 58.0 Å². The summed E-state index contributed by atoms with van der Waals surface area (Å²) in [5.41, 5.74) is 1.77. The molecule has 1 atom stereocenters. The number of aromatic nitrogens is 2. The molecule has 2 amide bonds. The number of carbonyl (C=O) groups excluding carboxylic acids is 2. The van der Waals surface area contributed by atoms with Crippen LogP contribution in [-0.2, 0) is 27.3 Å². The summed E-state index contributed by atoms with van der Waals surface area (Å²) in [4.78, 5) is 40.1. The first-order valence-electron chi connectivity index (χ1n) is 14.7. The van der Waals surface area contributed by atoms with Gasteiger partial charge in [0.25, 0.3) is 0 Å². The summed E-state index contributed by atoms with van der Waals surface area (Å²) in [6, 6.07) is 7.50. The Balaban J connectivity index is 1.22. The van der Waals surface area contributed by atoms with E-state index >= 15 is 0 Å². The average Bonchev–Trinajstić information content (AvgIpc) is 2.99. The molecule has 0 radical (unpaired) electrons. The molecule has 10 nitrogen and oxygen atoms in total. The minimum atomic E-state index is -0.595. The van der Waals surface area contributed by atoms with Gasteiger partial charge < -0.3 is 25.0 Å². The molecule has 10 heteroatoms. The van der Waals surface area contributed by atoms with Gasteiger partial charge in [-0.2, -0.15) is 0 Å². The highest BCUT2D eigenvalue weighted by Crippen LogP contribution is 2.38. The number of aryl methyl sites for hydroxylation is 1. The first kappa shape index (κ1) is 28.3. The van der Waals surface area contributed by atoms with Crippen LogP contribution in [0.25, 0.3) is 0 Å². The summed E-state index contributed by atoms with van der Waals surface area (Å²) >= 11 is 0. The maximum Gasteiger partial charge on any atom is 0.242 e. The van der Waals surface area contributed by atoms with Crippen LogP contribution < -0.4 is 20.3 Å². The molecule has 1 aromatic heterocycles. The van der Waals surface area contributed by atoms with Crippen LogP contribution in [-0.4, -0.2) is 85.3 Å². The second kappa shape index (κ2) is 13.4. The van der Waals surface area contributed by atoms with Crippen LogP contribution in [0.4, 0.5) is 5.95 Å². The van der Waals surface area contributed by atoms with E-state index in [2.05, 4.69) is 36.5 Å². The number of benzene rings is 1. The van der Waals surface area contributed by atoms with Crippen LogP contribution in [0.3, 0.4) is 0 Å². The molecule has 0 unspecified atom stereocenters. The van der Waals surface area contributed by atoms with Crippen molar-refractivity contribution < 1.29 is 19.1 Å². The van der Waals surface area contributed by atoms with Crippen molar-refractivity contribution in [3.8, 4) is 5.75 Å². The number of morpholine rings is 1. The van der Waals surface area contributed by atoms with E-state index in [1.54, 1.807) is 6.92 Å². The number of amides is 2. The Morgan fingerprint density at radius 1 is 0.975 bits per heavy atom. The maximum atomic E-state index is 13.7. The van der Waals surface area contributed by atoms with Crippen molar-refractivity contribution in [3.05, 3.63) is 47.8 Å². The van der Waals surface area contributed by atoms with Crippen LogP contribution in [0, 0.1) is 5.41 Å². The molecule has 2 fully saturated rings. The summed E-state index contributed by atoms with van der Waals surface area (Å²) in [6.07, 6.45) is 9.00. The highest BCUT2D eigenvalue weighted by molar-refractivity contribution is 5.90. The molecule has 2 aromatic rings. The normalized spacial score (nSPS) is 23.2. The number of fused-ring (bicyclic) bond motifs is 1. The third-order valence-corrected chi connectivity index (χ3v) is 8.41.